The second kappa shape index (κ2) is 5.10. The summed E-state index contributed by atoms with van der Waals surface area (Å²) >= 11 is 0. The number of rotatable bonds is 1. The number of ketones is 2. The number of carbonyl (C=O) groups is 2. The Morgan fingerprint density at radius 2 is 1.43 bits per heavy atom. The van der Waals surface area contributed by atoms with E-state index in [1.54, 1.807) is 6.08 Å². The van der Waals surface area contributed by atoms with Crippen LogP contribution in [0.15, 0.2) is 41.5 Å². The van der Waals surface area contributed by atoms with Crippen LogP contribution in [-0.4, -0.2) is 11.6 Å². The van der Waals surface area contributed by atoms with Gasteiger partial charge in [-0.05, 0) is 45.3 Å². The zero-order chi connectivity index (χ0) is 15.1. The number of benzene rings is 1. The van der Waals surface area contributed by atoms with E-state index in [0.717, 1.165) is 24.0 Å². The molecule has 2 heteroatoms. The number of hydrogen-bond donors (Lipinski definition) is 0. The van der Waals surface area contributed by atoms with Crippen LogP contribution in [0.25, 0.3) is 5.57 Å². The molecular formula is C19H20O2. The third-order valence-corrected chi connectivity index (χ3v) is 4.88. The van der Waals surface area contributed by atoms with Crippen molar-refractivity contribution in [1.82, 2.24) is 0 Å². The summed E-state index contributed by atoms with van der Waals surface area (Å²) in [6.45, 7) is 6.16. The van der Waals surface area contributed by atoms with Crippen molar-refractivity contribution < 1.29 is 9.59 Å². The lowest BCUT2D eigenvalue weighted by Gasteiger charge is -2.34. The van der Waals surface area contributed by atoms with Crippen LogP contribution >= 0.6 is 0 Å². The van der Waals surface area contributed by atoms with Crippen molar-refractivity contribution in [2.45, 2.75) is 33.6 Å². The third-order valence-electron chi connectivity index (χ3n) is 4.88. The molecule has 0 bridgehead atoms. The molecule has 0 fully saturated rings. The van der Waals surface area contributed by atoms with E-state index < -0.39 is 0 Å². The summed E-state index contributed by atoms with van der Waals surface area (Å²) in [7, 11) is 0. The minimum atomic E-state index is -0.164. The fraction of sp³-hybridized carbons (Fsp3) is 0.368. The molecule has 2 atom stereocenters. The first-order valence-electron chi connectivity index (χ1n) is 7.49. The SMILES string of the molecule is CC1=C(C)C[C@H]2C(=O)C=C(c3ccc(C)cc3)C(=O)[C@H]2C1. The molecule has 21 heavy (non-hydrogen) atoms. The molecular weight excluding hydrogens is 260 g/mol. The first-order chi connectivity index (χ1) is 9.97. The molecule has 2 aliphatic carbocycles. The normalized spacial score (nSPS) is 25.8. The first kappa shape index (κ1) is 14.0. The van der Waals surface area contributed by atoms with Gasteiger partial charge in [-0.3, -0.25) is 9.59 Å². The van der Waals surface area contributed by atoms with Crippen molar-refractivity contribution in [2.24, 2.45) is 11.8 Å². The highest BCUT2D eigenvalue weighted by molar-refractivity contribution is 6.29. The van der Waals surface area contributed by atoms with E-state index in [4.69, 9.17) is 0 Å². The number of aryl methyl sites for hydroxylation is 1. The van der Waals surface area contributed by atoms with Gasteiger partial charge in [0.25, 0.3) is 0 Å². The Labute approximate surface area is 125 Å². The summed E-state index contributed by atoms with van der Waals surface area (Å²) in [6, 6.07) is 7.83. The molecule has 0 saturated heterocycles. The van der Waals surface area contributed by atoms with E-state index in [2.05, 4.69) is 13.8 Å². The minimum Gasteiger partial charge on any atom is -0.294 e. The summed E-state index contributed by atoms with van der Waals surface area (Å²) in [5.74, 6) is -0.0600. The Balaban J connectivity index is 1.99. The number of hydrogen-bond acceptors (Lipinski definition) is 2. The fourth-order valence-corrected chi connectivity index (χ4v) is 3.35. The summed E-state index contributed by atoms with van der Waals surface area (Å²) in [5.41, 5.74) is 5.14. The van der Waals surface area contributed by atoms with Crippen LogP contribution in [0.5, 0.6) is 0 Å². The van der Waals surface area contributed by atoms with Crippen molar-refractivity contribution >= 4 is 17.1 Å². The van der Waals surface area contributed by atoms with E-state index in [-0.39, 0.29) is 23.4 Å². The summed E-state index contributed by atoms with van der Waals surface area (Å²) in [5, 5.41) is 0. The minimum absolute atomic E-state index is 0.113. The van der Waals surface area contributed by atoms with Gasteiger partial charge in [0.15, 0.2) is 11.6 Å². The van der Waals surface area contributed by atoms with Gasteiger partial charge in [-0.1, -0.05) is 41.0 Å². The molecule has 0 radical (unpaired) electrons. The lowest BCUT2D eigenvalue weighted by molar-refractivity contribution is -0.128. The maximum atomic E-state index is 12.8. The molecule has 0 N–H and O–H groups in total. The molecule has 0 amide bonds. The van der Waals surface area contributed by atoms with E-state index in [9.17, 15) is 9.59 Å². The highest BCUT2D eigenvalue weighted by atomic mass is 16.1. The fourth-order valence-electron chi connectivity index (χ4n) is 3.35. The molecule has 1 aromatic carbocycles. The van der Waals surface area contributed by atoms with E-state index in [0.29, 0.717) is 5.57 Å². The Hall–Kier alpha value is -1.96. The molecule has 108 valence electrons. The van der Waals surface area contributed by atoms with Gasteiger partial charge in [0.05, 0.1) is 0 Å². The second-order valence-electron chi connectivity index (χ2n) is 6.37. The highest BCUT2D eigenvalue weighted by Crippen LogP contribution is 2.41. The second-order valence-corrected chi connectivity index (χ2v) is 6.37. The van der Waals surface area contributed by atoms with Gasteiger partial charge in [-0.15, -0.1) is 0 Å². The van der Waals surface area contributed by atoms with Crippen LogP contribution in [-0.2, 0) is 9.59 Å². The monoisotopic (exact) mass is 280 g/mol. The molecule has 0 saturated carbocycles. The van der Waals surface area contributed by atoms with E-state index in [1.165, 1.54) is 11.1 Å². The molecule has 0 aliphatic heterocycles. The van der Waals surface area contributed by atoms with E-state index in [1.807, 2.05) is 31.2 Å². The zero-order valence-electron chi connectivity index (χ0n) is 12.8. The lowest BCUT2D eigenvalue weighted by atomic mass is 9.67. The van der Waals surface area contributed by atoms with Crippen molar-refractivity contribution in [3.8, 4) is 0 Å². The van der Waals surface area contributed by atoms with Crippen LogP contribution in [0.4, 0.5) is 0 Å². The zero-order valence-corrected chi connectivity index (χ0v) is 12.8. The van der Waals surface area contributed by atoms with Gasteiger partial charge >= 0.3 is 0 Å². The quantitative estimate of drug-likeness (QED) is 0.731. The largest absolute Gasteiger partial charge is 0.294 e. The maximum absolute atomic E-state index is 12.8. The van der Waals surface area contributed by atoms with Gasteiger partial charge < -0.3 is 0 Å². The molecule has 1 aromatic rings. The third kappa shape index (κ3) is 2.39. The maximum Gasteiger partial charge on any atom is 0.167 e. The molecule has 0 spiro atoms. The van der Waals surface area contributed by atoms with Crippen LogP contribution in [0.3, 0.4) is 0 Å². The van der Waals surface area contributed by atoms with Crippen LogP contribution in [0.2, 0.25) is 0 Å². The van der Waals surface area contributed by atoms with Crippen LogP contribution in [0.1, 0.15) is 37.8 Å². The van der Waals surface area contributed by atoms with Gasteiger partial charge in [0.1, 0.15) is 0 Å². The van der Waals surface area contributed by atoms with Gasteiger partial charge in [-0.25, -0.2) is 0 Å². The van der Waals surface area contributed by atoms with Crippen molar-refractivity contribution in [3.05, 3.63) is 52.6 Å². The number of Topliss-reactive ketones (excluding diaryl/α,β-unsaturated/α-hetero) is 1. The van der Waals surface area contributed by atoms with Crippen molar-refractivity contribution in [3.63, 3.8) is 0 Å². The summed E-state index contributed by atoms with van der Waals surface area (Å²) < 4.78 is 0. The summed E-state index contributed by atoms with van der Waals surface area (Å²) in [4.78, 5) is 25.2. The Morgan fingerprint density at radius 3 is 2.05 bits per heavy atom. The predicted molar refractivity (Wildman–Crippen MR) is 83.8 cm³/mol. The number of allylic oxidation sites excluding steroid dienone is 4. The lowest BCUT2D eigenvalue weighted by Crippen LogP contribution is -2.36. The Kier molecular flexibility index (Phi) is 3.40. The number of carbonyl (C=O) groups excluding carboxylic acids is 2. The standard InChI is InChI=1S/C19H20O2/c1-11-4-6-14(7-5-11)15-10-18(20)16-8-12(2)13(3)9-17(16)19(15)21/h4-7,10,16-17H,8-9H2,1-3H3/t16-,17+/m1/s1. The topological polar surface area (TPSA) is 34.1 Å². The first-order valence-corrected chi connectivity index (χ1v) is 7.49. The molecule has 2 aliphatic rings. The van der Waals surface area contributed by atoms with Crippen molar-refractivity contribution in [1.29, 1.82) is 0 Å². The molecule has 0 unspecified atom stereocenters. The van der Waals surface area contributed by atoms with Crippen LogP contribution < -0.4 is 0 Å². The van der Waals surface area contributed by atoms with Gasteiger partial charge in [-0.2, -0.15) is 0 Å². The van der Waals surface area contributed by atoms with Crippen molar-refractivity contribution in [2.75, 3.05) is 0 Å². The molecule has 3 rings (SSSR count). The predicted octanol–water partition coefficient (Wildman–Crippen LogP) is 3.89. The van der Waals surface area contributed by atoms with Gasteiger partial charge in [0, 0.05) is 17.4 Å². The number of fused-ring (bicyclic) bond motifs is 1. The molecule has 2 nitrogen and oxygen atoms in total. The highest BCUT2D eigenvalue weighted by Gasteiger charge is 2.41. The summed E-state index contributed by atoms with van der Waals surface area (Å²) in [6.07, 6.45) is 3.03. The average Bonchev–Trinajstić information content (AvgIpc) is 2.46. The Bertz CT molecular complexity index is 674. The average molecular weight is 280 g/mol. The smallest absolute Gasteiger partial charge is 0.167 e. The van der Waals surface area contributed by atoms with Gasteiger partial charge in [0.2, 0.25) is 0 Å². The van der Waals surface area contributed by atoms with E-state index >= 15 is 0 Å². The Morgan fingerprint density at radius 1 is 0.857 bits per heavy atom. The van der Waals surface area contributed by atoms with Crippen LogP contribution in [0, 0.1) is 18.8 Å². The molecule has 0 aromatic heterocycles. The molecule has 0 heterocycles.